The van der Waals surface area contributed by atoms with Crippen molar-refractivity contribution in [3.05, 3.63) is 12.5 Å². The fraction of sp³-hybridized carbons (Fsp3) is 0.250. The molecule has 0 radical (unpaired) electrons. The van der Waals surface area contributed by atoms with Crippen LogP contribution in [0.2, 0.25) is 0 Å². The predicted molar refractivity (Wildman–Crippen MR) is 53.1 cm³/mol. The van der Waals surface area contributed by atoms with Gasteiger partial charge in [0.1, 0.15) is 17.6 Å². The molecule has 14 heavy (non-hydrogen) atoms. The van der Waals surface area contributed by atoms with E-state index in [1.807, 2.05) is 0 Å². The topological polar surface area (TPSA) is 71.5 Å². The zero-order valence-corrected chi connectivity index (χ0v) is 8.34. The van der Waals surface area contributed by atoms with Gasteiger partial charge in [-0.05, 0) is 6.92 Å². The van der Waals surface area contributed by atoms with Crippen LogP contribution in [-0.4, -0.2) is 31.5 Å². The van der Waals surface area contributed by atoms with Crippen LogP contribution in [0.1, 0.15) is 6.92 Å². The summed E-state index contributed by atoms with van der Waals surface area (Å²) in [6, 6.07) is 0. The van der Waals surface area contributed by atoms with E-state index in [-0.39, 0.29) is 5.78 Å². The first-order valence-electron chi connectivity index (χ1n) is 4.03. The molecular formula is C8H8N4OS. The number of nitrogens with one attached hydrogen (secondary N) is 1. The second-order valence-electron chi connectivity index (χ2n) is 2.79. The number of thioether (sulfide) groups is 1. The number of ketones is 1. The van der Waals surface area contributed by atoms with Crippen molar-refractivity contribution in [3.8, 4) is 0 Å². The summed E-state index contributed by atoms with van der Waals surface area (Å²) in [4.78, 5) is 25.8. The van der Waals surface area contributed by atoms with Crippen molar-refractivity contribution >= 4 is 28.7 Å². The zero-order valence-electron chi connectivity index (χ0n) is 7.52. The minimum Gasteiger partial charge on any atom is -0.330 e. The molecule has 0 spiro atoms. The van der Waals surface area contributed by atoms with E-state index in [0.29, 0.717) is 16.6 Å². The molecule has 0 bridgehead atoms. The summed E-state index contributed by atoms with van der Waals surface area (Å²) in [6.45, 7) is 1.55. The minimum absolute atomic E-state index is 0.126. The van der Waals surface area contributed by atoms with Gasteiger partial charge in [-0.2, -0.15) is 0 Å². The highest BCUT2D eigenvalue weighted by Gasteiger charge is 2.04. The number of hydrogen-bond acceptors (Lipinski definition) is 5. The van der Waals surface area contributed by atoms with E-state index in [0.717, 1.165) is 5.52 Å². The Kier molecular flexibility index (Phi) is 2.45. The molecule has 2 rings (SSSR count). The van der Waals surface area contributed by atoms with E-state index >= 15 is 0 Å². The second kappa shape index (κ2) is 3.75. The molecule has 2 aromatic heterocycles. The monoisotopic (exact) mass is 208 g/mol. The first kappa shape index (κ1) is 9.14. The van der Waals surface area contributed by atoms with Crippen LogP contribution in [0.4, 0.5) is 0 Å². The molecule has 0 saturated carbocycles. The summed E-state index contributed by atoms with van der Waals surface area (Å²) in [5, 5.41) is 0.704. The van der Waals surface area contributed by atoms with Crippen LogP contribution in [0.15, 0.2) is 17.7 Å². The van der Waals surface area contributed by atoms with Crippen molar-refractivity contribution in [1.29, 1.82) is 0 Å². The number of nitrogens with zero attached hydrogens (tertiary/aromatic N) is 3. The molecule has 0 aliphatic rings. The Morgan fingerprint density at radius 1 is 1.64 bits per heavy atom. The highest BCUT2D eigenvalue weighted by molar-refractivity contribution is 7.99. The Morgan fingerprint density at radius 2 is 2.50 bits per heavy atom. The lowest BCUT2D eigenvalue weighted by Crippen LogP contribution is -1.93. The molecule has 0 aliphatic heterocycles. The van der Waals surface area contributed by atoms with E-state index in [1.54, 1.807) is 13.1 Å². The molecule has 2 aromatic rings. The largest absolute Gasteiger partial charge is 0.330 e. The summed E-state index contributed by atoms with van der Waals surface area (Å²) in [5.74, 6) is 0.550. The molecule has 0 aromatic carbocycles. The third-order valence-corrected chi connectivity index (χ3v) is 2.57. The maximum Gasteiger partial charge on any atom is 0.181 e. The van der Waals surface area contributed by atoms with E-state index in [1.165, 1.54) is 18.1 Å². The van der Waals surface area contributed by atoms with Gasteiger partial charge in [-0.15, -0.1) is 0 Å². The van der Waals surface area contributed by atoms with Crippen LogP contribution in [0, 0.1) is 0 Å². The molecule has 6 heteroatoms. The van der Waals surface area contributed by atoms with Crippen LogP contribution < -0.4 is 0 Å². The molecule has 0 unspecified atom stereocenters. The summed E-state index contributed by atoms with van der Waals surface area (Å²) in [5.41, 5.74) is 1.42. The van der Waals surface area contributed by atoms with Gasteiger partial charge in [-0.25, -0.2) is 15.0 Å². The fourth-order valence-electron chi connectivity index (χ4n) is 0.978. The summed E-state index contributed by atoms with van der Waals surface area (Å²) in [7, 11) is 0. The number of imidazole rings is 1. The van der Waals surface area contributed by atoms with Gasteiger partial charge in [0, 0.05) is 0 Å². The van der Waals surface area contributed by atoms with E-state index in [4.69, 9.17) is 0 Å². The molecule has 0 aliphatic carbocycles. The molecule has 72 valence electrons. The number of rotatable bonds is 3. The van der Waals surface area contributed by atoms with Crippen LogP contribution in [0.5, 0.6) is 0 Å². The summed E-state index contributed by atoms with van der Waals surface area (Å²) < 4.78 is 0. The van der Waals surface area contributed by atoms with Crippen molar-refractivity contribution in [3.63, 3.8) is 0 Å². The molecule has 0 atom stereocenters. The highest BCUT2D eigenvalue weighted by atomic mass is 32.2. The summed E-state index contributed by atoms with van der Waals surface area (Å²) in [6.07, 6.45) is 3.11. The van der Waals surface area contributed by atoms with Gasteiger partial charge in [0.05, 0.1) is 11.9 Å². The van der Waals surface area contributed by atoms with Crippen molar-refractivity contribution in [2.75, 3.05) is 5.75 Å². The van der Waals surface area contributed by atoms with Crippen molar-refractivity contribution < 1.29 is 4.79 Å². The lowest BCUT2D eigenvalue weighted by molar-refractivity contribution is -0.114. The Morgan fingerprint density at radius 3 is 3.21 bits per heavy atom. The van der Waals surface area contributed by atoms with Crippen molar-refractivity contribution in [1.82, 2.24) is 19.9 Å². The van der Waals surface area contributed by atoms with Crippen molar-refractivity contribution in [2.45, 2.75) is 12.1 Å². The Bertz CT molecular complexity index is 434. The number of Topliss-reactive ketones (excluding diaryl/α,β-unsaturated/α-hetero) is 1. The van der Waals surface area contributed by atoms with Gasteiger partial charge >= 0.3 is 0 Å². The van der Waals surface area contributed by atoms with Crippen LogP contribution in [0.25, 0.3) is 11.2 Å². The lowest BCUT2D eigenvalue weighted by atomic mass is 10.5. The van der Waals surface area contributed by atoms with Gasteiger partial charge in [0.15, 0.2) is 10.8 Å². The standard InChI is InChI=1S/C8H8N4OS/c1-5(13)3-14-8-11-6-2-9-4-10-7(6)12-8/h2,4H,3H2,1H3,(H,9,10,11,12). The van der Waals surface area contributed by atoms with E-state index < -0.39 is 0 Å². The Labute approximate surface area is 84.4 Å². The highest BCUT2D eigenvalue weighted by Crippen LogP contribution is 2.16. The number of aromatic nitrogens is 4. The number of fused-ring (bicyclic) bond motifs is 1. The molecule has 5 nitrogen and oxygen atoms in total. The summed E-state index contributed by atoms with van der Waals surface area (Å²) >= 11 is 1.37. The van der Waals surface area contributed by atoms with Crippen LogP contribution in [0.3, 0.4) is 0 Å². The fourth-order valence-corrected chi connectivity index (χ4v) is 1.65. The predicted octanol–water partition coefficient (Wildman–Crippen LogP) is 1.03. The molecule has 0 amide bonds. The normalized spacial score (nSPS) is 10.6. The second-order valence-corrected chi connectivity index (χ2v) is 3.76. The first-order chi connectivity index (χ1) is 6.75. The van der Waals surface area contributed by atoms with E-state index in [2.05, 4.69) is 19.9 Å². The number of carbonyl (C=O) groups excluding carboxylic acids is 1. The molecule has 0 saturated heterocycles. The first-order valence-corrected chi connectivity index (χ1v) is 5.02. The lowest BCUT2D eigenvalue weighted by Gasteiger charge is -1.90. The Balaban J connectivity index is 2.22. The van der Waals surface area contributed by atoms with Gasteiger partial charge in [0.25, 0.3) is 0 Å². The van der Waals surface area contributed by atoms with Gasteiger partial charge in [-0.3, -0.25) is 4.79 Å². The van der Waals surface area contributed by atoms with Crippen molar-refractivity contribution in [2.24, 2.45) is 0 Å². The number of H-pyrrole nitrogens is 1. The molecular weight excluding hydrogens is 200 g/mol. The SMILES string of the molecule is CC(=O)CSc1nc2ncncc2[nH]1. The zero-order chi connectivity index (χ0) is 9.97. The Hall–Kier alpha value is -1.43. The van der Waals surface area contributed by atoms with Crippen LogP contribution in [-0.2, 0) is 4.79 Å². The third kappa shape index (κ3) is 1.90. The molecule has 1 N–H and O–H groups in total. The van der Waals surface area contributed by atoms with Gasteiger partial charge in [0.2, 0.25) is 0 Å². The average Bonchev–Trinajstić information content (AvgIpc) is 2.57. The number of hydrogen-bond donors (Lipinski definition) is 1. The minimum atomic E-state index is 0.126. The number of carbonyl (C=O) groups is 1. The quantitative estimate of drug-likeness (QED) is 0.763. The maximum absolute atomic E-state index is 10.7. The third-order valence-electron chi connectivity index (χ3n) is 1.55. The maximum atomic E-state index is 10.7. The van der Waals surface area contributed by atoms with E-state index in [9.17, 15) is 4.79 Å². The average molecular weight is 208 g/mol. The smallest absolute Gasteiger partial charge is 0.181 e. The van der Waals surface area contributed by atoms with Crippen LogP contribution >= 0.6 is 11.8 Å². The van der Waals surface area contributed by atoms with Gasteiger partial charge < -0.3 is 4.98 Å². The van der Waals surface area contributed by atoms with Gasteiger partial charge in [-0.1, -0.05) is 11.8 Å². The molecule has 0 fully saturated rings. The molecule has 2 heterocycles. The number of aromatic amines is 1.